The molecular formula is C14H23NO2S2. The molecule has 0 amide bonds. The quantitative estimate of drug-likeness (QED) is 0.929. The van der Waals surface area contributed by atoms with Crippen LogP contribution in [0.3, 0.4) is 0 Å². The van der Waals surface area contributed by atoms with E-state index in [1.165, 1.54) is 4.88 Å². The molecule has 2 rings (SSSR count). The van der Waals surface area contributed by atoms with Gasteiger partial charge < -0.3 is 5.32 Å². The van der Waals surface area contributed by atoms with Crippen LogP contribution in [0.2, 0.25) is 0 Å². The average Bonchev–Trinajstić information content (AvgIpc) is 2.84. The minimum atomic E-state index is -2.86. The Kier molecular flexibility index (Phi) is 4.10. The van der Waals surface area contributed by atoms with E-state index >= 15 is 0 Å². The van der Waals surface area contributed by atoms with Crippen molar-refractivity contribution in [1.82, 2.24) is 5.32 Å². The lowest BCUT2D eigenvalue weighted by Crippen LogP contribution is -2.45. The Morgan fingerprint density at radius 3 is 2.63 bits per heavy atom. The molecule has 0 aromatic carbocycles. The Morgan fingerprint density at radius 2 is 2.16 bits per heavy atom. The lowest BCUT2D eigenvalue weighted by Gasteiger charge is -2.32. The molecule has 19 heavy (non-hydrogen) atoms. The molecule has 1 aliphatic rings. The van der Waals surface area contributed by atoms with Crippen molar-refractivity contribution in [1.29, 1.82) is 0 Å². The molecule has 1 aromatic heterocycles. The third-order valence-corrected chi connectivity index (χ3v) is 6.35. The van der Waals surface area contributed by atoms with E-state index in [1.54, 1.807) is 11.3 Å². The summed E-state index contributed by atoms with van der Waals surface area (Å²) in [5, 5.41) is 5.55. The topological polar surface area (TPSA) is 46.2 Å². The van der Waals surface area contributed by atoms with Gasteiger partial charge in [-0.3, -0.25) is 0 Å². The van der Waals surface area contributed by atoms with Gasteiger partial charge in [0.1, 0.15) is 0 Å². The van der Waals surface area contributed by atoms with Crippen molar-refractivity contribution in [2.75, 3.05) is 18.1 Å². The van der Waals surface area contributed by atoms with Crippen molar-refractivity contribution in [3.05, 3.63) is 22.4 Å². The number of hydrogen-bond donors (Lipinski definition) is 1. The maximum absolute atomic E-state index is 11.9. The van der Waals surface area contributed by atoms with Crippen LogP contribution in [0.1, 0.15) is 32.1 Å². The molecule has 0 aliphatic carbocycles. The Morgan fingerprint density at radius 1 is 1.42 bits per heavy atom. The minimum Gasteiger partial charge on any atom is -0.311 e. The van der Waals surface area contributed by atoms with Gasteiger partial charge in [0.15, 0.2) is 9.84 Å². The van der Waals surface area contributed by atoms with Gasteiger partial charge in [-0.05, 0) is 45.1 Å². The summed E-state index contributed by atoms with van der Waals surface area (Å²) in [7, 11) is -2.86. The molecule has 0 spiro atoms. The fourth-order valence-electron chi connectivity index (χ4n) is 2.56. The molecule has 2 heterocycles. The van der Waals surface area contributed by atoms with Gasteiger partial charge in [-0.25, -0.2) is 8.42 Å². The molecule has 0 bridgehead atoms. The monoisotopic (exact) mass is 301 g/mol. The Bertz CT molecular complexity index is 514. The third kappa shape index (κ3) is 4.29. The smallest absolute Gasteiger partial charge is 0.150 e. The summed E-state index contributed by atoms with van der Waals surface area (Å²) >= 11 is 1.72. The summed E-state index contributed by atoms with van der Waals surface area (Å²) in [5.41, 5.74) is -0.105. The Balaban J connectivity index is 2.14. The average molecular weight is 301 g/mol. The summed E-state index contributed by atoms with van der Waals surface area (Å²) in [4.78, 5) is 1.29. The van der Waals surface area contributed by atoms with E-state index < -0.39 is 9.84 Å². The van der Waals surface area contributed by atoms with Gasteiger partial charge in [-0.2, -0.15) is 0 Å². The number of rotatable bonds is 4. The highest BCUT2D eigenvalue weighted by Gasteiger charge is 2.42. The second-order valence-corrected chi connectivity index (χ2v) is 9.92. The van der Waals surface area contributed by atoms with Crippen molar-refractivity contribution in [2.45, 2.75) is 39.2 Å². The van der Waals surface area contributed by atoms with E-state index in [0.29, 0.717) is 11.5 Å². The molecule has 1 N–H and O–H groups in total. The van der Waals surface area contributed by atoms with E-state index in [1.807, 2.05) is 6.07 Å². The molecule has 3 nitrogen and oxygen atoms in total. The largest absolute Gasteiger partial charge is 0.311 e. The Labute approximate surface area is 120 Å². The van der Waals surface area contributed by atoms with Crippen LogP contribution in [0, 0.1) is 5.41 Å². The van der Waals surface area contributed by atoms with Crippen LogP contribution in [0.15, 0.2) is 17.5 Å². The summed E-state index contributed by atoms with van der Waals surface area (Å²) in [6.45, 7) is 7.13. The number of thiophene rings is 1. The number of sulfone groups is 1. The molecular weight excluding hydrogens is 278 g/mol. The second kappa shape index (κ2) is 5.19. The fraction of sp³-hybridized carbons (Fsp3) is 0.714. The van der Waals surface area contributed by atoms with Crippen molar-refractivity contribution >= 4 is 21.2 Å². The Hall–Kier alpha value is -0.390. The zero-order valence-corrected chi connectivity index (χ0v) is 13.5. The lowest BCUT2D eigenvalue weighted by molar-refractivity contribution is 0.272. The van der Waals surface area contributed by atoms with E-state index in [4.69, 9.17) is 0 Å². The highest BCUT2D eigenvalue weighted by atomic mass is 32.2. The van der Waals surface area contributed by atoms with Crippen LogP contribution in [0.4, 0.5) is 0 Å². The first kappa shape index (κ1) is 15.0. The molecule has 0 radical (unpaired) electrons. The van der Waals surface area contributed by atoms with Gasteiger partial charge in [0.05, 0.1) is 11.5 Å². The van der Waals surface area contributed by atoms with E-state index in [0.717, 1.165) is 19.4 Å². The summed E-state index contributed by atoms with van der Waals surface area (Å²) in [5.74, 6) is 0.658. The number of hydrogen-bond acceptors (Lipinski definition) is 4. The van der Waals surface area contributed by atoms with Crippen LogP contribution in [0.25, 0.3) is 0 Å². The molecule has 1 atom stereocenters. The zero-order valence-electron chi connectivity index (χ0n) is 11.9. The predicted octanol–water partition coefficient (Wildman–Crippen LogP) is 2.48. The molecule has 1 fully saturated rings. The van der Waals surface area contributed by atoms with Gasteiger partial charge in [-0.1, -0.05) is 6.07 Å². The fourth-order valence-corrected chi connectivity index (χ4v) is 5.61. The van der Waals surface area contributed by atoms with Crippen molar-refractivity contribution in [3.63, 3.8) is 0 Å². The van der Waals surface area contributed by atoms with Gasteiger partial charge >= 0.3 is 0 Å². The SMILES string of the molecule is CC(C)(C)NCC1(Cc2cccs2)CCS(=O)(=O)C1. The van der Waals surface area contributed by atoms with E-state index in [9.17, 15) is 8.42 Å². The maximum atomic E-state index is 11.9. The first-order chi connectivity index (χ1) is 8.70. The molecule has 1 saturated heterocycles. The zero-order chi connectivity index (χ0) is 14.1. The van der Waals surface area contributed by atoms with Crippen LogP contribution in [-0.2, 0) is 16.3 Å². The van der Waals surface area contributed by atoms with Gasteiger partial charge in [0, 0.05) is 22.4 Å². The third-order valence-electron chi connectivity index (χ3n) is 3.59. The van der Waals surface area contributed by atoms with Gasteiger partial charge in [0.2, 0.25) is 0 Å². The molecule has 108 valence electrons. The maximum Gasteiger partial charge on any atom is 0.150 e. The molecule has 0 saturated carbocycles. The normalized spacial score (nSPS) is 26.7. The lowest BCUT2D eigenvalue weighted by atomic mass is 9.82. The van der Waals surface area contributed by atoms with Gasteiger partial charge in [0.25, 0.3) is 0 Å². The second-order valence-electron chi connectivity index (χ2n) is 6.70. The first-order valence-corrected chi connectivity index (χ1v) is 9.38. The summed E-state index contributed by atoms with van der Waals surface area (Å²) in [6, 6.07) is 4.14. The van der Waals surface area contributed by atoms with E-state index in [-0.39, 0.29) is 11.0 Å². The van der Waals surface area contributed by atoms with Crippen LogP contribution < -0.4 is 5.32 Å². The predicted molar refractivity (Wildman–Crippen MR) is 81.5 cm³/mol. The van der Waals surface area contributed by atoms with Crippen LogP contribution in [-0.4, -0.2) is 32.0 Å². The number of nitrogens with one attached hydrogen (secondary N) is 1. The van der Waals surface area contributed by atoms with Gasteiger partial charge in [-0.15, -0.1) is 11.3 Å². The van der Waals surface area contributed by atoms with Crippen molar-refractivity contribution < 1.29 is 8.42 Å². The summed E-state index contributed by atoms with van der Waals surface area (Å²) in [6.07, 6.45) is 1.64. The highest BCUT2D eigenvalue weighted by molar-refractivity contribution is 7.91. The van der Waals surface area contributed by atoms with Crippen molar-refractivity contribution in [3.8, 4) is 0 Å². The molecule has 1 aliphatic heterocycles. The molecule has 5 heteroatoms. The minimum absolute atomic E-state index is 0.0226. The first-order valence-electron chi connectivity index (χ1n) is 6.68. The highest BCUT2D eigenvalue weighted by Crippen LogP contribution is 2.36. The summed E-state index contributed by atoms with van der Waals surface area (Å²) < 4.78 is 23.7. The molecule has 1 unspecified atom stereocenters. The van der Waals surface area contributed by atoms with Crippen LogP contribution >= 0.6 is 11.3 Å². The van der Waals surface area contributed by atoms with E-state index in [2.05, 4.69) is 37.5 Å². The standard InChI is InChI=1S/C14H23NO2S2/c1-13(2,3)15-10-14(6-8-19(16,17)11-14)9-12-5-4-7-18-12/h4-5,7,15H,6,8-11H2,1-3H3. The van der Waals surface area contributed by atoms with Crippen molar-refractivity contribution in [2.24, 2.45) is 5.41 Å². The molecule has 1 aromatic rings. The van der Waals surface area contributed by atoms with Crippen LogP contribution in [0.5, 0.6) is 0 Å².